The molecule has 0 aliphatic carbocycles. The molecular formula is C15H15N3. The van der Waals surface area contributed by atoms with Crippen molar-refractivity contribution in [2.75, 3.05) is 0 Å². The third-order valence-corrected chi connectivity index (χ3v) is 2.95. The van der Waals surface area contributed by atoms with E-state index >= 15 is 0 Å². The van der Waals surface area contributed by atoms with Gasteiger partial charge >= 0.3 is 0 Å². The molecule has 2 heterocycles. The second-order valence-corrected chi connectivity index (χ2v) is 3.90. The van der Waals surface area contributed by atoms with Crippen LogP contribution < -0.4 is 0 Å². The average Bonchev–Trinajstić information content (AvgIpc) is 2.96. The van der Waals surface area contributed by atoms with Gasteiger partial charge in [-0.15, -0.1) is 0 Å². The van der Waals surface area contributed by atoms with Gasteiger partial charge in [-0.2, -0.15) is 0 Å². The molecule has 0 aliphatic heterocycles. The minimum absolute atomic E-state index is 0.905. The van der Waals surface area contributed by atoms with E-state index in [1.807, 2.05) is 44.2 Å². The van der Waals surface area contributed by atoms with Crippen molar-refractivity contribution < 1.29 is 0 Å². The molecule has 2 aromatic carbocycles. The van der Waals surface area contributed by atoms with Gasteiger partial charge in [-0.25, -0.2) is 4.98 Å². The Morgan fingerprint density at radius 1 is 0.889 bits per heavy atom. The average molecular weight is 237 g/mol. The predicted molar refractivity (Wildman–Crippen MR) is 75.9 cm³/mol. The molecule has 0 bridgehead atoms. The lowest BCUT2D eigenvalue weighted by Crippen LogP contribution is -1.78. The molecule has 0 atom stereocenters. The van der Waals surface area contributed by atoms with Crippen molar-refractivity contribution in [2.24, 2.45) is 0 Å². The minimum Gasteiger partial charge on any atom is -0.323 e. The number of hydrogen-bond acceptors (Lipinski definition) is 1. The van der Waals surface area contributed by atoms with E-state index in [0.717, 1.165) is 22.3 Å². The Kier molecular flexibility index (Phi) is 2.52. The van der Waals surface area contributed by atoms with Crippen molar-refractivity contribution in [1.82, 2.24) is 14.4 Å². The number of nitrogens with zero attached hydrogens (tertiary/aromatic N) is 2. The number of nitrogens with one attached hydrogen (secondary N) is 1. The van der Waals surface area contributed by atoms with E-state index in [2.05, 4.69) is 32.6 Å². The summed E-state index contributed by atoms with van der Waals surface area (Å²) in [5, 5.41) is 0. The van der Waals surface area contributed by atoms with Crippen LogP contribution in [0, 0.1) is 0 Å². The first-order chi connectivity index (χ1) is 8.93. The highest BCUT2D eigenvalue weighted by Crippen LogP contribution is 2.22. The van der Waals surface area contributed by atoms with Gasteiger partial charge < -0.3 is 4.98 Å². The summed E-state index contributed by atoms with van der Waals surface area (Å²) >= 11 is 0. The normalized spacial score (nSPS) is 10.8. The van der Waals surface area contributed by atoms with Gasteiger partial charge in [0.25, 0.3) is 0 Å². The summed E-state index contributed by atoms with van der Waals surface area (Å²) in [4.78, 5) is 7.88. The summed E-state index contributed by atoms with van der Waals surface area (Å²) in [5.74, 6) is 0.905. The maximum absolute atomic E-state index is 4.56. The lowest BCUT2D eigenvalue weighted by molar-refractivity contribution is 1.28. The number of fused-ring (bicyclic) bond motifs is 5. The summed E-state index contributed by atoms with van der Waals surface area (Å²) in [7, 11) is 0. The predicted octanol–water partition coefficient (Wildman–Crippen LogP) is 4.00. The summed E-state index contributed by atoms with van der Waals surface area (Å²) in [5.41, 5.74) is 4.47. The van der Waals surface area contributed by atoms with E-state index in [-0.39, 0.29) is 0 Å². The van der Waals surface area contributed by atoms with Gasteiger partial charge in [-0.3, -0.25) is 4.40 Å². The number of aromatic amines is 1. The fourth-order valence-corrected chi connectivity index (χ4v) is 2.25. The Balaban J connectivity index is 0.000000478. The van der Waals surface area contributed by atoms with Crippen LogP contribution in [0.1, 0.15) is 13.8 Å². The lowest BCUT2D eigenvalue weighted by Gasteiger charge is -1.92. The van der Waals surface area contributed by atoms with Gasteiger partial charge in [0.05, 0.1) is 22.1 Å². The molecule has 2 aromatic heterocycles. The van der Waals surface area contributed by atoms with Crippen LogP contribution in [-0.2, 0) is 0 Å². The summed E-state index contributed by atoms with van der Waals surface area (Å²) in [6.07, 6.45) is 0. The van der Waals surface area contributed by atoms with Crippen molar-refractivity contribution in [3.05, 3.63) is 48.5 Å². The zero-order valence-electron chi connectivity index (χ0n) is 10.5. The number of aromatic nitrogens is 3. The summed E-state index contributed by atoms with van der Waals surface area (Å²) in [6.45, 7) is 4.00. The van der Waals surface area contributed by atoms with Crippen LogP contribution >= 0.6 is 0 Å². The third-order valence-electron chi connectivity index (χ3n) is 2.95. The first kappa shape index (κ1) is 10.8. The van der Waals surface area contributed by atoms with Crippen molar-refractivity contribution >= 4 is 27.8 Å². The van der Waals surface area contributed by atoms with Crippen molar-refractivity contribution in [3.63, 3.8) is 0 Å². The largest absolute Gasteiger partial charge is 0.323 e. The molecule has 0 fully saturated rings. The van der Waals surface area contributed by atoms with E-state index in [9.17, 15) is 0 Å². The zero-order valence-corrected chi connectivity index (χ0v) is 10.5. The van der Waals surface area contributed by atoms with Crippen LogP contribution in [0.15, 0.2) is 48.5 Å². The molecule has 1 N–H and O–H groups in total. The maximum Gasteiger partial charge on any atom is 0.213 e. The Morgan fingerprint density at radius 3 is 2.39 bits per heavy atom. The van der Waals surface area contributed by atoms with Crippen LogP contribution in [0.25, 0.3) is 27.8 Å². The standard InChI is InChI=1S/C13H9N3.C2H6/c1-3-7-11-9(5-1)14-13-15-10-6-2-4-8-12(10)16(11)13;1-2/h1-8H,(H,14,15);1-2H3. The highest BCUT2D eigenvalue weighted by atomic mass is 15.1. The van der Waals surface area contributed by atoms with E-state index in [1.54, 1.807) is 0 Å². The first-order valence-electron chi connectivity index (χ1n) is 6.27. The van der Waals surface area contributed by atoms with E-state index in [4.69, 9.17) is 0 Å². The Morgan fingerprint density at radius 2 is 1.56 bits per heavy atom. The van der Waals surface area contributed by atoms with Crippen LogP contribution in [0.4, 0.5) is 0 Å². The smallest absolute Gasteiger partial charge is 0.213 e. The van der Waals surface area contributed by atoms with Crippen molar-refractivity contribution in [2.45, 2.75) is 13.8 Å². The van der Waals surface area contributed by atoms with Gasteiger partial charge in [-0.05, 0) is 24.3 Å². The molecule has 3 heteroatoms. The SMILES string of the molecule is CC.c1ccc2c(c1)nc1[nH]c3ccccc3n12. The highest BCUT2D eigenvalue weighted by Gasteiger charge is 2.08. The molecular weight excluding hydrogens is 222 g/mol. The second kappa shape index (κ2) is 4.18. The number of hydrogen-bond donors (Lipinski definition) is 1. The van der Waals surface area contributed by atoms with Crippen LogP contribution in [0.3, 0.4) is 0 Å². The van der Waals surface area contributed by atoms with Gasteiger partial charge in [0.15, 0.2) is 0 Å². The summed E-state index contributed by atoms with van der Waals surface area (Å²) in [6, 6.07) is 16.4. The third kappa shape index (κ3) is 1.40. The second-order valence-electron chi connectivity index (χ2n) is 3.90. The minimum atomic E-state index is 0.905. The van der Waals surface area contributed by atoms with E-state index in [0.29, 0.717) is 0 Å². The number of para-hydroxylation sites is 4. The van der Waals surface area contributed by atoms with Gasteiger partial charge in [0, 0.05) is 0 Å². The Hall–Kier alpha value is -2.29. The van der Waals surface area contributed by atoms with Crippen molar-refractivity contribution in [1.29, 1.82) is 0 Å². The fraction of sp³-hybridized carbons (Fsp3) is 0.133. The number of benzene rings is 2. The molecule has 0 saturated carbocycles. The van der Waals surface area contributed by atoms with Crippen LogP contribution in [-0.4, -0.2) is 14.4 Å². The van der Waals surface area contributed by atoms with Gasteiger partial charge in [0.2, 0.25) is 5.78 Å². The lowest BCUT2D eigenvalue weighted by atomic mass is 10.3. The number of rotatable bonds is 0. The van der Waals surface area contributed by atoms with Crippen LogP contribution in [0.2, 0.25) is 0 Å². The molecule has 90 valence electrons. The summed E-state index contributed by atoms with van der Waals surface area (Å²) < 4.78 is 2.16. The molecule has 0 unspecified atom stereocenters. The maximum atomic E-state index is 4.56. The zero-order chi connectivity index (χ0) is 12.5. The number of H-pyrrole nitrogens is 1. The molecule has 4 aromatic rings. The quantitative estimate of drug-likeness (QED) is 0.492. The molecule has 4 rings (SSSR count). The molecule has 0 radical (unpaired) electrons. The van der Waals surface area contributed by atoms with Crippen molar-refractivity contribution in [3.8, 4) is 0 Å². The number of imidazole rings is 2. The van der Waals surface area contributed by atoms with Crippen LogP contribution in [0.5, 0.6) is 0 Å². The Bertz CT molecular complexity index is 743. The van der Waals surface area contributed by atoms with E-state index in [1.165, 1.54) is 5.52 Å². The molecule has 0 spiro atoms. The molecule has 0 amide bonds. The monoisotopic (exact) mass is 237 g/mol. The van der Waals surface area contributed by atoms with E-state index < -0.39 is 0 Å². The Labute approximate surface area is 105 Å². The van der Waals surface area contributed by atoms with Gasteiger partial charge in [0.1, 0.15) is 0 Å². The molecule has 3 nitrogen and oxygen atoms in total. The molecule has 18 heavy (non-hydrogen) atoms. The topological polar surface area (TPSA) is 33.1 Å². The molecule has 0 saturated heterocycles. The molecule has 0 aliphatic rings. The first-order valence-corrected chi connectivity index (χ1v) is 6.27. The fourth-order valence-electron chi connectivity index (χ4n) is 2.25. The highest BCUT2D eigenvalue weighted by molar-refractivity contribution is 5.89. The van der Waals surface area contributed by atoms with Gasteiger partial charge in [-0.1, -0.05) is 38.1 Å².